The molecule has 0 heterocycles. The third-order valence-electron chi connectivity index (χ3n) is 3.09. The van der Waals surface area contributed by atoms with Gasteiger partial charge in [0.25, 0.3) is 9.84 Å². The van der Waals surface area contributed by atoms with Gasteiger partial charge >= 0.3 is 11.5 Å². The molecule has 0 fully saturated rings. The third kappa shape index (κ3) is 3.06. The largest absolute Gasteiger partial charge is 0.497 e. The second kappa shape index (κ2) is 5.60. The van der Waals surface area contributed by atoms with Crippen molar-refractivity contribution in [2.75, 3.05) is 7.11 Å². The summed E-state index contributed by atoms with van der Waals surface area (Å²) in [6.07, 6.45) is 0. The minimum Gasteiger partial charge on any atom is -0.465 e. The zero-order valence-electron chi connectivity index (χ0n) is 11.3. The SMILES string of the molecule is COC(=O)c1ccc2cccc(CS(=O)(=O)C(F)(F)F)c2c1. The fourth-order valence-corrected chi connectivity index (χ4v) is 2.82. The lowest BCUT2D eigenvalue weighted by Gasteiger charge is -2.11. The summed E-state index contributed by atoms with van der Waals surface area (Å²) >= 11 is 0. The van der Waals surface area contributed by atoms with Crippen molar-refractivity contribution < 1.29 is 31.1 Å². The van der Waals surface area contributed by atoms with E-state index >= 15 is 0 Å². The fourth-order valence-electron chi connectivity index (χ4n) is 1.99. The molecule has 0 amide bonds. The number of alkyl halides is 3. The van der Waals surface area contributed by atoms with Crippen LogP contribution in [0.25, 0.3) is 10.8 Å². The van der Waals surface area contributed by atoms with Gasteiger partial charge in [-0.15, -0.1) is 0 Å². The Balaban J connectivity index is 2.57. The van der Waals surface area contributed by atoms with Crippen molar-refractivity contribution >= 4 is 26.6 Å². The van der Waals surface area contributed by atoms with E-state index in [9.17, 15) is 26.4 Å². The second-order valence-electron chi connectivity index (χ2n) is 4.55. The van der Waals surface area contributed by atoms with E-state index in [0.717, 1.165) is 0 Å². The number of ether oxygens (including phenoxy) is 1. The van der Waals surface area contributed by atoms with Gasteiger partial charge in [0, 0.05) is 0 Å². The lowest BCUT2D eigenvalue weighted by Crippen LogP contribution is -2.24. The lowest BCUT2D eigenvalue weighted by molar-refractivity contribution is -0.0437. The highest BCUT2D eigenvalue weighted by Gasteiger charge is 2.45. The molecule has 2 aromatic rings. The minimum atomic E-state index is -5.32. The van der Waals surface area contributed by atoms with Crippen molar-refractivity contribution in [3.05, 3.63) is 47.5 Å². The maximum Gasteiger partial charge on any atom is 0.497 e. The number of methoxy groups -OCH3 is 1. The zero-order valence-corrected chi connectivity index (χ0v) is 12.2. The number of sulfone groups is 1. The Morgan fingerprint density at radius 3 is 2.45 bits per heavy atom. The molecule has 2 rings (SSSR count). The average Bonchev–Trinajstić information content (AvgIpc) is 2.45. The van der Waals surface area contributed by atoms with Gasteiger partial charge in [0.2, 0.25) is 0 Å². The lowest BCUT2D eigenvalue weighted by atomic mass is 10.0. The summed E-state index contributed by atoms with van der Waals surface area (Å²) in [6, 6.07) is 8.65. The first-order chi connectivity index (χ1) is 10.2. The molecule has 118 valence electrons. The zero-order chi connectivity index (χ0) is 16.5. The minimum absolute atomic E-state index is 0.0272. The molecule has 0 aliphatic carbocycles. The van der Waals surface area contributed by atoms with Crippen LogP contribution in [0.2, 0.25) is 0 Å². The van der Waals surface area contributed by atoms with E-state index in [1.807, 2.05) is 0 Å². The van der Waals surface area contributed by atoms with Crippen LogP contribution in [0.15, 0.2) is 36.4 Å². The summed E-state index contributed by atoms with van der Waals surface area (Å²) < 4.78 is 64.7. The average molecular weight is 332 g/mol. The summed E-state index contributed by atoms with van der Waals surface area (Å²) in [4.78, 5) is 11.5. The molecule has 2 aromatic carbocycles. The molecule has 0 radical (unpaired) electrons. The molecule has 0 aromatic heterocycles. The molecular formula is C14H11F3O4S. The predicted octanol–water partition coefficient (Wildman–Crippen LogP) is 3.06. The van der Waals surface area contributed by atoms with Crippen molar-refractivity contribution in [1.29, 1.82) is 0 Å². The quantitative estimate of drug-likeness (QED) is 0.811. The van der Waals surface area contributed by atoms with E-state index < -0.39 is 27.1 Å². The number of rotatable bonds is 3. The van der Waals surface area contributed by atoms with Gasteiger partial charge < -0.3 is 4.74 Å². The number of carbonyl (C=O) groups is 1. The summed E-state index contributed by atoms with van der Waals surface area (Å²) in [7, 11) is -4.12. The van der Waals surface area contributed by atoms with Gasteiger partial charge in [0.15, 0.2) is 0 Å². The topological polar surface area (TPSA) is 60.4 Å². The Bertz CT molecular complexity index is 826. The molecule has 0 N–H and O–H groups in total. The number of esters is 1. The summed E-state index contributed by atoms with van der Waals surface area (Å²) in [6.45, 7) is 0. The molecule has 0 unspecified atom stereocenters. The maximum absolute atomic E-state index is 12.5. The van der Waals surface area contributed by atoms with Gasteiger partial charge in [-0.1, -0.05) is 24.3 Å². The van der Waals surface area contributed by atoms with Gasteiger partial charge in [-0.05, 0) is 28.5 Å². The molecule has 8 heteroatoms. The van der Waals surface area contributed by atoms with E-state index in [1.165, 1.54) is 37.4 Å². The van der Waals surface area contributed by atoms with Crippen molar-refractivity contribution in [3.63, 3.8) is 0 Å². The van der Waals surface area contributed by atoms with Crippen LogP contribution in [0.5, 0.6) is 0 Å². The standard InChI is InChI=1S/C14H11F3O4S/c1-21-13(18)10-6-5-9-3-2-4-11(12(9)7-10)8-22(19,20)14(15,16)17/h2-7H,8H2,1H3. The van der Waals surface area contributed by atoms with Gasteiger partial charge in [-0.3, -0.25) is 0 Å². The van der Waals surface area contributed by atoms with Crippen molar-refractivity contribution in [2.45, 2.75) is 11.3 Å². The van der Waals surface area contributed by atoms with Crippen molar-refractivity contribution in [1.82, 2.24) is 0 Å². The third-order valence-corrected chi connectivity index (χ3v) is 4.49. The van der Waals surface area contributed by atoms with Crippen molar-refractivity contribution in [3.8, 4) is 0 Å². The van der Waals surface area contributed by atoms with Crippen molar-refractivity contribution in [2.24, 2.45) is 0 Å². The van der Waals surface area contributed by atoms with Crippen LogP contribution >= 0.6 is 0 Å². The first-order valence-electron chi connectivity index (χ1n) is 6.05. The highest BCUT2D eigenvalue weighted by atomic mass is 32.2. The molecule has 0 bridgehead atoms. The van der Waals surface area contributed by atoms with Gasteiger partial charge in [-0.25, -0.2) is 13.2 Å². The molecule has 4 nitrogen and oxygen atoms in total. The Morgan fingerprint density at radius 1 is 1.18 bits per heavy atom. The Morgan fingerprint density at radius 2 is 1.86 bits per heavy atom. The van der Waals surface area contributed by atoms with E-state index in [0.29, 0.717) is 5.39 Å². The van der Waals surface area contributed by atoms with Crippen LogP contribution in [0.4, 0.5) is 13.2 Å². The number of fused-ring (bicyclic) bond motifs is 1. The van der Waals surface area contributed by atoms with Crippen LogP contribution < -0.4 is 0 Å². The van der Waals surface area contributed by atoms with E-state index in [1.54, 1.807) is 6.07 Å². The van der Waals surface area contributed by atoms with Crippen LogP contribution in [-0.2, 0) is 20.3 Å². The normalized spacial score (nSPS) is 12.4. The smallest absolute Gasteiger partial charge is 0.465 e. The molecule has 0 aliphatic rings. The monoisotopic (exact) mass is 332 g/mol. The van der Waals surface area contributed by atoms with Gasteiger partial charge in [0.1, 0.15) is 0 Å². The molecule has 0 aliphatic heterocycles. The summed E-state index contributed by atoms with van der Waals surface area (Å²) in [5, 5.41) is 0.792. The second-order valence-corrected chi connectivity index (χ2v) is 6.53. The first kappa shape index (κ1) is 16.3. The Labute approximate surface area is 124 Å². The number of carbonyl (C=O) groups excluding carboxylic acids is 1. The Kier molecular flexibility index (Phi) is 4.15. The van der Waals surface area contributed by atoms with Crippen LogP contribution in [0.1, 0.15) is 15.9 Å². The molecule has 0 saturated carbocycles. The fraction of sp³-hybridized carbons (Fsp3) is 0.214. The highest BCUT2D eigenvalue weighted by Crippen LogP contribution is 2.29. The molecular weight excluding hydrogens is 321 g/mol. The molecule has 0 saturated heterocycles. The highest BCUT2D eigenvalue weighted by molar-refractivity contribution is 7.91. The molecule has 0 spiro atoms. The summed E-state index contributed by atoms with van der Waals surface area (Å²) in [5.41, 5.74) is -5.22. The first-order valence-corrected chi connectivity index (χ1v) is 7.70. The maximum atomic E-state index is 12.5. The number of hydrogen-bond donors (Lipinski definition) is 0. The van der Waals surface area contributed by atoms with Gasteiger partial charge in [0.05, 0.1) is 18.4 Å². The van der Waals surface area contributed by atoms with E-state index in [4.69, 9.17) is 0 Å². The summed E-state index contributed by atoms with van der Waals surface area (Å²) in [5.74, 6) is -1.84. The van der Waals surface area contributed by atoms with Crippen LogP contribution in [0.3, 0.4) is 0 Å². The molecule has 22 heavy (non-hydrogen) atoms. The predicted molar refractivity (Wildman–Crippen MR) is 74.0 cm³/mol. The number of halogens is 3. The van der Waals surface area contributed by atoms with Crippen LogP contribution in [0, 0.1) is 0 Å². The van der Waals surface area contributed by atoms with Crippen LogP contribution in [-0.4, -0.2) is 27.0 Å². The molecule has 0 atom stereocenters. The Hall–Kier alpha value is -2.09. The number of benzene rings is 2. The number of hydrogen-bond acceptors (Lipinski definition) is 4. The van der Waals surface area contributed by atoms with E-state index in [-0.39, 0.29) is 16.5 Å². The van der Waals surface area contributed by atoms with Gasteiger partial charge in [-0.2, -0.15) is 13.2 Å². The van der Waals surface area contributed by atoms with E-state index in [2.05, 4.69) is 4.74 Å².